The second-order valence-corrected chi connectivity index (χ2v) is 4.74. The number of rotatable bonds is 3. The minimum absolute atomic E-state index is 0.0820. The molecule has 0 radical (unpaired) electrons. The molecule has 1 unspecified atom stereocenters. The summed E-state index contributed by atoms with van der Waals surface area (Å²) in [6, 6.07) is 10.2. The Morgan fingerprint density at radius 1 is 1.14 bits per heavy atom. The highest BCUT2D eigenvalue weighted by atomic mass is 19.1. The molecule has 0 amide bonds. The highest BCUT2D eigenvalue weighted by Gasteiger charge is 2.27. The molecule has 0 bridgehead atoms. The first-order valence-electron chi connectivity index (χ1n) is 6.48. The molecule has 2 aromatic carbocycles. The largest absolute Gasteiger partial charge is 0.485 e. The van der Waals surface area contributed by atoms with Gasteiger partial charge in [-0.15, -0.1) is 0 Å². The smallest absolute Gasteiger partial charge is 0.191 e. The molecule has 0 aromatic heterocycles. The molecule has 0 saturated carbocycles. The van der Waals surface area contributed by atoms with Crippen LogP contribution in [0.4, 0.5) is 8.78 Å². The Balaban J connectivity index is 1.72. The molecule has 1 atom stereocenters. The molecule has 1 heterocycles. The fourth-order valence-electron chi connectivity index (χ4n) is 2.14. The number of ketones is 1. The lowest BCUT2D eigenvalue weighted by molar-refractivity contribution is -0.127. The van der Waals surface area contributed by atoms with Gasteiger partial charge in [-0.05, 0) is 23.8 Å². The van der Waals surface area contributed by atoms with E-state index in [1.165, 1.54) is 6.07 Å². The maximum absolute atomic E-state index is 13.6. The van der Waals surface area contributed by atoms with E-state index in [0.717, 1.165) is 12.1 Å². The van der Waals surface area contributed by atoms with Crippen LogP contribution in [0, 0.1) is 11.6 Å². The van der Waals surface area contributed by atoms with Gasteiger partial charge in [-0.2, -0.15) is 0 Å². The van der Waals surface area contributed by atoms with E-state index in [1.54, 1.807) is 24.3 Å². The van der Waals surface area contributed by atoms with Crippen LogP contribution in [0.5, 0.6) is 11.5 Å². The topological polar surface area (TPSA) is 35.5 Å². The fraction of sp³-hybridized carbons (Fsp3) is 0.188. The zero-order valence-corrected chi connectivity index (χ0v) is 11.0. The minimum atomic E-state index is -0.788. The van der Waals surface area contributed by atoms with Crippen LogP contribution in [0.1, 0.15) is 5.56 Å². The molecule has 0 saturated heterocycles. The Bertz CT molecular complexity index is 685. The number of halogens is 2. The Hall–Kier alpha value is -2.43. The van der Waals surface area contributed by atoms with Crippen LogP contribution < -0.4 is 9.47 Å². The number of benzene rings is 2. The van der Waals surface area contributed by atoms with Crippen LogP contribution >= 0.6 is 0 Å². The second-order valence-electron chi connectivity index (χ2n) is 4.74. The third-order valence-electron chi connectivity index (χ3n) is 3.25. The maximum Gasteiger partial charge on any atom is 0.191 e. The van der Waals surface area contributed by atoms with Gasteiger partial charge in [0.15, 0.2) is 23.4 Å². The van der Waals surface area contributed by atoms with Crippen molar-refractivity contribution in [3.8, 4) is 11.5 Å². The van der Waals surface area contributed by atoms with Crippen LogP contribution in [-0.4, -0.2) is 18.5 Å². The average Bonchev–Trinajstić information content (AvgIpc) is 2.49. The Morgan fingerprint density at radius 2 is 1.90 bits per heavy atom. The van der Waals surface area contributed by atoms with E-state index in [2.05, 4.69) is 0 Å². The van der Waals surface area contributed by atoms with Crippen LogP contribution in [-0.2, 0) is 11.2 Å². The highest BCUT2D eigenvalue weighted by Crippen LogP contribution is 2.31. The molecule has 2 aromatic rings. The van der Waals surface area contributed by atoms with Crippen LogP contribution in [0.2, 0.25) is 0 Å². The van der Waals surface area contributed by atoms with E-state index >= 15 is 0 Å². The number of hydrogen-bond acceptors (Lipinski definition) is 3. The summed E-state index contributed by atoms with van der Waals surface area (Å²) in [5.41, 5.74) is 0.142. The minimum Gasteiger partial charge on any atom is -0.485 e. The normalized spacial score (nSPS) is 16.6. The third kappa shape index (κ3) is 2.86. The highest BCUT2D eigenvalue weighted by molar-refractivity contribution is 5.86. The number of Topliss-reactive ketones (excluding diaryl/α,β-unsaturated/α-hetero) is 1. The molecular formula is C16H12F2O3. The van der Waals surface area contributed by atoms with Gasteiger partial charge in [0.05, 0.1) is 0 Å². The molecule has 0 spiro atoms. The molecule has 0 aliphatic carbocycles. The van der Waals surface area contributed by atoms with E-state index in [9.17, 15) is 13.6 Å². The molecule has 0 fully saturated rings. The predicted octanol–water partition coefficient (Wildman–Crippen LogP) is 2.92. The number of fused-ring (bicyclic) bond motifs is 1. The van der Waals surface area contributed by atoms with Gasteiger partial charge in [-0.1, -0.05) is 18.2 Å². The number of carbonyl (C=O) groups is 1. The summed E-state index contributed by atoms with van der Waals surface area (Å²) >= 11 is 0. The van der Waals surface area contributed by atoms with Crippen molar-refractivity contribution in [1.29, 1.82) is 0 Å². The first-order chi connectivity index (χ1) is 10.1. The number of carbonyl (C=O) groups excluding carboxylic acids is 1. The van der Waals surface area contributed by atoms with Gasteiger partial charge < -0.3 is 9.47 Å². The lowest BCUT2D eigenvalue weighted by Crippen LogP contribution is -2.37. The second kappa shape index (κ2) is 5.52. The first kappa shape index (κ1) is 13.5. The molecule has 1 aliphatic heterocycles. The van der Waals surface area contributed by atoms with E-state index < -0.39 is 17.7 Å². The quantitative estimate of drug-likeness (QED) is 0.872. The predicted molar refractivity (Wildman–Crippen MR) is 71.4 cm³/mol. The molecule has 5 heteroatoms. The monoisotopic (exact) mass is 290 g/mol. The van der Waals surface area contributed by atoms with Crippen LogP contribution in [0.3, 0.4) is 0 Å². The van der Waals surface area contributed by atoms with Crippen molar-refractivity contribution in [3.05, 3.63) is 59.7 Å². The van der Waals surface area contributed by atoms with Gasteiger partial charge in [0.1, 0.15) is 18.2 Å². The molecule has 3 nitrogen and oxygen atoms in total. The van der Waals surface area contributed by atoms with Crippen molar-refractivity contribution in [2.45, 2.75) is 12.5 Å². The van der Waals surface area contributed by atoms with E-state index in [0.29, 0.717) is 11.5 Å². The third-order valence-corrected chi connectivity index (χ3v) is 3.25. The summed E-state index contributed by atoms with van der Waals surface area (Å²) in [7, 11) is 0. The number of ether oxygens (including phenoxy) is 2. The summed E-state index contributed by atoms with van der Waals surface area (Å²) in [5, 5.41) is 0. The van der Waals surface area contributed by atoms with E-state index in [1.807, 2.05) is 0 Å². The van der Waals surface area contributed by atoms with Crippen molar-refractivity contribution in [1.82, 2.24) is 0 Å². The van der Waals surface area contributed by atoms with Crippen molar-refractivity contribution in [2.75, 3.05) is 6.61 Å². The fourth-order valence-corrected chi connectivity index (χ4v) is 2.14. The lowest BCUT2D eigenvalue weighted by atomic mass is 10.0. The van der Waals surface area contributed by atoms with Crippen molar-refractivity contribution >= 4 is 5.78 Å². The van der Waals surface area contributed by atoms with Gasteiger partial charge in [0.25, 0.3) is 0 Å². The Kier molecular flexibility index (Phi) is 3.56. The molecule has 108 valence electrons. The van der Waals surface area contributed by atoms with Gasteiger partial charge in [0, 0.05) is 12.5 Å². The standard InChI is InChI=1S/C16H12F2O3/c17-11-6-5-10(12(18)8-11)7-13(19)16-9-20-14-3-1-2-4-15(14)21-16/h1-6,8,16H,7,9H2. The number of para-hydroxylation sites is 2. The number of hydrogen-bond donors (Lipinski definition) is 0. The Morgan fingerprint density at radius 3 is 2.67 bits per heavy atom. The molecule has 3 rings (SSSR count). The van der Waals surface area contributed by atoms with Gasteiger partial charge >= 0.3 is 0 Å². The molecule has 0 N–H and O–H groups in total. The van der Waals surface area contributed by atoms with E-state index in [4.69, 9.17) is 9.47 Å². The van der Waals surface area contributed by atoms with Crippen molar-refractivity contribution in [2.24, 2.45) is 0 Å². The zero-order valence-electron chi connectivity index (χ0n) is 11.0. The Labute approximate surface area is 120 Å². The lowest BCUT2D eigenvalue weighted by Gasteiger charge is -2.25. The summed E-state index contributed by atoms with van der Waals surface area (Å²) in [4.78, 5) is 12.1. The summed E-state index contributed by atoms with van der Waals surface area (Å²) in [5.74, 6) is -0.651. The van der Waals surface area contributed by atoms with Gasteiger partial charge in [-0.3, -0.25) is 4.79 Å². The van der Waals surface area contributed by atoms with Gasteiger partial charge in [-0.25, -0.2) is 8.78 Å². The SMILES string of the molecule is O=C(Cc1ccc(F)cc1F)C1COc2ccccc2O1. The summed E-state index contributed by atoms with van der Waals surface area (Å²) in [6.07, 6.45) is -0.952. The molecule has 1 aliphatic rings. The first-order valence-corrected chi connectivity index (χ1v) is 6.48. The van der Waals surface area contributed by atoms with Crippen LogP contribution in [0.25, 0.3) is 0 Å². The van der Waals surface area contributed by atoms with Crippen molar-refractivity contribution < 1.29 is 23.0 Å². The molecule has 21 heavy (non-hydrogen) atoms. The summed E-state index contributed by atoms with van der Waals surface area (Å²) in [6.45, 7) is 0.0820. The van der Waals surface area contributed by atoms with Crippen molar-refractivity contribution in [3.63, 3.8) is 0 Å². The average molecular weight is 290 g/mol. The maximum atomic E-state index is 13.6. The molecular weight excluding hydrogens is 278 g/mol. The van der Waals surface area contributed by atoms with Gasteiger partial charge in [0.2, 0.25) is 0 Å². The summed E-state index contributed by atoms with van der Waals surface area (Å²) < 4.78 is 37.4. The zero-order chi connectivity index (χ0) is 14.8. The van der Waals surface area contributed by atoms with E-state index in [-0.39, 0.29) is 24.4 Å². The van der Waals surface area contributed by atoms with Crippen LogP contribution in [0.15, 0.2) is 42.5 Å².